The van der Waals surface area contributed by atoms with Gasteiger partial charge in [0.1, 0.15) is 0 Å². The number of ketones is 2. The van der Waals surface area contributed by atoms with Gasteiger partial charge in [-0.15, -0.1) is 0 Å². The number of hydrogen-bond donors (Lipinski definition) is 0. The third-order valence-corrected chi connectivity index (χ3v) is 9.50. The largest absolute Gasteiger partial charge is 0.289 e. The lowest BCUT2D eigenvalue weighted by Crippen LogP contribution is -2.27. The summed E-state index contributed by atoms with van der Waals surface area (Å²) in [5.41, 5.74) is 8.83. The Labute approximate surface area is 261 Å². The Morgan fingerprint density at radius 2 is 0.750 bits per heavy atom. The second-order valence-electron chi connectivity index (χ2n) is 13.4. The highest BCUT2D eigenvalue weighted by atomic mass is 16.1. The predicted molar refractivity (Wildman–Crippen MR) is 182 cm³/mol. The van der Waals surface area contributed by atoms with E-state index in [1.54, 1.807) is 0 Å². The molecule has 4 aromatic carbocycles. The lowest BCUT2D eigenvalue weighted by Gasteiger charge is -2.34. The van der Waals surface area contributed by atoms with E-state index in [2.05, 4.69) is 88.4 Å². The molecule has 220 valence electrons. The van der Waals surface area contributed by atoms with Crippen molar-refractivity contribution in [2.24, 2.45) is 10.8 Å². The zero-order valence-electron chi connectivity index (χ0n) is 26.2. The number of hydrogen-bond acceptors (Lipinski definition) is 2. The van der Waals surface area contributed by atoms with Crippen molar-refractivity contribution in [2.75, 3.05) is 0 Å². The van der Waals surface area contributed by atoms with Crippen molar-refractivity contribution < 1.29 is 9.59 Å². The van der Waals surface area contributed by atoms with E-state index < -0.39 is 0 Å². The van der Waals surface area contributed by atoms with E-state index in [1.165, 1.54) is 11.1 Å². The number of aryl methyl sites for hydroxylation is 2. The number of carbonyl (C=O) groups is 2. The van der Waals surface area contributed by atoms with Gasteiger partial charge in [0.05, 0.1) is 0 Å². The molecule has 0 atom stereocenters. The average molecular weight is 577 g/mol. The van der Waals surface area contributed by atoms with Gasteiger partial charge in [0.2, 0.25) is 0 Å². The van der Waals surface area contributed by atoms with Gasteiger partial charge in [0.25, 0.3) is 0 Å². The van der Waals surface area contributed by atoms with Gasteiger partial charge in [0.15, 0.2) is 11.6 Å². The quantitative estimate of drug-likeness (QED) is 0.209. The van der Waals surface area contributed by atoms with Crippen molar-refractivity contribution in [3.05, 3.63) is 166 Å². The molecule has 6 rings (SSSR count). The summed E-state index contributed by atoms with van der Waals surface area (Å²) < 4.78 is 0. The summed E-state index contributed by atoms with van der Waals surface area (Å²) in [6.45, 7) is 8.73. The van der Waals surface area contributed by atoms with Crippen molar-refractivity contribution in [3.8, 4) is 0 Å². The van der Waals surface area contributed by atoms with Crippen LogP contribution in [0.15, 0.2) is 132 Å². The molecule has 44 heavy (non-hydrogen) atoms. The first-order valence-corrected chi connectivity index (χ1v) is 15.7. The maximum Gasteiger partial charge on any atom is 0.190 e. The molecule has 2 aliphatic rings. The molecule has 2 aliphatic carbocycles. The monoisotopic (exact) mass is 576 g/mol. The van der Waals surface area contributed by atoms with Crippen molar-refractivity contribution in [1.82, 2.24) is 0 Å². The molecule has 0 bridgehead atoms. The molecular formula is C42H40O2. The van der Waals surface area contributed by atoms with Gasteiger partial charge < -0.3 is 0 Å². The molecule has 0 N–H and O–H groups in total. The zero-order chi connectivity index (χ0) is 30.9. The van der Waals surface area contributed by atoms with Crippen LogP contribution < -0.4 is 0 Å². The summed E-state index contributed by atoms with van der Waals surface area (Å²) >= 11 is 0. The van der Waals surface area contributed by atoms with Crippen molar-refractivity contribution in [1.29, 1.82) is 0 Å². The standard InChI is InChI=1S/C42H40O2/c1-41(2,25-23-29-15-7-5-8-16-29)37-27-35(31-19-11-13-21-33(31)39(37)43)36-28-38(40(44)34-22-14-12-20-32(34)36)42(3,4)26-24-30-17-9-6-10-18-30/h5-22,27-28H,23-26H2,1-4H3/b36-35+. The van der Waals surface area contributed by atoms with E-state index in [4.69, 9.17) is 0 Å². The molecule has 0 heterocycles. The molecule has 2 heteroatoms. The molecule has 0 aromatic heterocycles. The first-order chi connectivity index (χ1) is 21.2. The molecule has 0 unspecified atom stereocenters. The van der Waals surface area contributed by atoms with Crippen molar-refractivity contribution in [2.45, 2.75) is 53.4 Å². The van der Waals surface area contributed by atoms with E-state index in [0.717, 1.165) is 70.2 Å². The van der Waals surface area contributed by atoms with Crippen LogP contribution in [0.5, 0.6) is 0 Å². The molecule has 0 aliphatic heterocycles. The minimum atomic E-state index is -0.349. The van der Waals surface area contributed by atoms with Crippen LogP contribution in [0.4, 0.5) is 0 Å². The van der Waals surface area contributed by atoms with Crippen LogP contribution in [0.3, 0.4) is 0 Å². The number of rotatable bonds is 8. The molecule has 0 saturated carbocycles. The van der Waals surface area contributed by atoms with E-state index in [0.29, 0.717) is 0 Å². The maximum atomic E-state index is 14.1. The maximum absolute atomic E-state index is 14.1. The van der Waals surface area contributed by atoms with Crippen LogP contribution in [0.25, 0.3) is 11.1 Å². The smallest absolute Gasteiger partial charge is 0.190 e. The Hall–Kier alpha value is -4.56. The highest BCUT2D eigenvalue weighted by Gasteiger charge is 2.37. The van der Waals surface area contributed by atoms with Gasteiger partial charge in [0, 0.05) is 22.3 Å². The second-order valence-corrected chi connectivity index (χ2v) is 13.4. The Kier molecular flexibility index (Phi) is 7.95. The van der Waals surface area contributed by atoms with Gasteiger partial charge >= 0.3 is 0 Å². The van der Waals surface area contributed by atoms with Gasteiger partial charge in [-0.25, -0.2) is 0 Å². The fourth-order valence-electron chi connectivity index (χ4n) is 6.62. The minimum absolute atomic E-state index is 0.0931. The summed E-state index contributed by atoms with van der Waals surface area (Å²) in [6.07, 6.45) is 7.74. The third kappa shape index (κ3) is 5.69. The highest BCUT2D eigenvalue weighted by molar-refractivity contribution is 6.23. The fourth-order valence-corrected chi connectivity index (χ4v) is 6.62. The Morgan fingerprint density at radius 3 is 1.11 bits per heavy atom. The van der Waals surface area contributed by atoms with Gasteiger partial charge in [-0.3, -0.25) is 9.59 Å². The van der Waals surface area contributed by atoms with Crippen LogP contribution in [0, 0.1) is 10.8 Å². The number of allylic oxidation sites excluding steroid dienone is 6. The number of fused-ring (bicyclic) bond motifs is 2. The Bertz CT molecular complexity index is 1680. The van der Waals surface area contributed by atoms with E-state index in [-0.39, 0.29) is 22.4 Å². The molecule has 2 nitrogen and oxygen atoms in total. The molecular weight excluding hydrogens is 536 g/mol. The van der Waals surface area contributed by atoms with Crippen LogP contribution in [-0.4, -0.2) is 11.6 Å². The molecule has 0 amide bonds. The second kappa shape index (κ2) is 11.8. The van der Waals surface area contributed by atoms with E-state index in [9.17, 15) is 9.59 Å². The topological polar surface area (TPSA) is 34.1 Å². The average Bonchev–Trinajstić information content (AvgIpc) is 3.04. The molecule has 0 saturated heterocycles. The summed E-state index contributed by atoms with van der Waals surface area (Å²) in [4.78, 5) is 28.2. The van der Waals surface area contributed by atoms with E-state index >= 15 is 0 Å². The lowest BCUT2D eigenvalue weighted by molar-refractivity contribution is 0.0994. The lowest BCUT2D eigenvalue weighted by atomic mass is 9.68. The summed E-state index contributed by atoms with van der Waals surface area (Å²) in [6, 6.07) is 36.8. The Morgan fingerprint density at radius 1 is 0.432 bits per heavy atom. The summed E-state index contributed by atoms with van der Waals surface area (Å²) in [7, 11) is 0. The van der Waals surface area contributed by atoms with Crippen LogP contribution in [-0.2, 0) is 12.8 Å². The first-order valence-electron chi connectivity index (χ1n) is 15.7. The van der Waals surface area contributed by atoms with Gasteiger partial charge in [-0.2, -0.15) is 0 Å². The normalized spacial score (nSPS) is 16.6. The number of carbonyl (C=O) groups excluding carboxylic acids is 2. The van der Waals surface area contributed by atoms with Crippen LogP contribution >= 0.6 is 0 Å². The number of Topliss-reactive ketones (excluding diaryl/α,β-unsaturated/α-hetero) is 2. The van der Waals surface area contributed by atoms with Crippen molar-refractivity contribution in [3.63, 3.8) is 0 Å². The molecule has 0 fully saturated rings. The van der Waals surface area contributed by atoms with Gasteiger partial charge in [-0.1, -0.05) is 137 Å². The molecule has 4 aromatic rings. The third-order valence-electron chi connectivity index (χ3n) is 9.50. The summed E-state index contributed by atoms with van der Waals surface area (Å²) in [5.74, 6) is 0.186. The van der Waals surface area contributed by atoms with Crippen LogP contribution in [0.2, 0.25) is 0 Å². The van der Waals surface area contributed by atoms with Gasteiger partial charge in [-0.05, 0) is 82.1 Å². The fraction of sp³-hybridized carbons (Fsp3) is 0.238. The van der Waals surface area contributed by atoms with Crippen LogP contribution in [0.1, 0.15) is 83.5 Å². The highest BCUT2D eigenvalue weighted by Crippen LogP contribution is 2.47. The minimum Gasteiger partial charge on any atom is -0.289 e. The molecule has 0 radical (unpaired) electrons. The summed E-state index contributed by atoms with van der Waals surface area (Å²) in [5, 5.41) is 0. The SMILES string of the molecule is CC(C)(CCc1ccccc1)C1=C/C(=C2/C=C(C(C)(C)CCc3ccccc3)C(=O)c3ccccc32)c2ccccc2C1=O. The first kappa shape index (κ1) is 29.5. The van der Waals surface area contributed by atoms with E-state index in [1.807, 2.05) is 60.7 Å². The number of benzene rings is 4. The predicted octanol–water partition coefficient (Wildman–Crippen LogP) is 10.2. The van der Waals surface area contributed by atoms with Crippen molar-refractivity contribution >= 4 is 22.7 Å². The Balaban J connectivity index is 1.49. The zero-order valence-corrected chi connectivity index (χ0v) is 26.2. The molecule has 0 spiro atoms.